The molecule has 43 heavy (non-hydrogen) atoms. The molecule has 0 N–H and O–H groups in total. The van der Waals surface area contributed by atoms with Crippen molar-refractivity contribution in [2.75, 3.05) is 0 Å². The van der Waals surface area contributed by atoms with Crippen molar-refractivity contribution < 1.29 is 0 Å². The Bertz CT molecular complexity index is 2140. The third-order valence-electron chi connectivity index (χ3n) is 8.11. The summed E-state index contributed by atoms with van der Waals surface area (Å²) in [4.78, 5) is 14.8. The van der Waals surface area contributed by atoms with Crippen LogP contribution in [0.25, 0.3) is 62.1 Å². The maximum Gasteiger partial charge on any atom is 0.145 e. The van der Waals surface area contributed by atoms with Gasteiger partial charge in [-0.2, -0.15) is 0 Å². The van der Waals surface area contributed by atoms with E-state index >= 15 is 0 Å². The molecule has 7 aromatic rings. The van der Waals surface area contributed by atoms with Crippen LogP contribution < -0.4 is 0 Å². The fourth-order valence-corrected chi connectivity index (χ4v) is 5.98. The van der Waals surface area contributed by atoms with Crippen LogP contribution in [-0.4, -0.2) is 19.5 Å². The Balaban J connectivity index is 1.38. The highest BCUT2D eigenvalue weighted by Gasteiger charge is 2.21. The summed E-state index contributed by atoms with van der Waals surface area (Å²) in [6.07, 6.45) is 8.01. The molecule has 0 saturated heterocycles. The molecule has 0 atom stereocenters. The van der Waals surface area contributed by atoms with Gasteiger partial charge in [0.1, 0.15) is 5.82 Å². The van der Waals surface area contributed by atoms with E-state index in [9.17, 15) is 0 Å². The fourth-order valence-electron chi connectivity index (χ4n) is 5.98. The minimum absolute atomic E-state index is 0.150. The van der Waals surface area contributed by atoms with Gasteiger partial charge < -0.3 is 0 Å². The Hall–Kier alpha value is -5.09. The maximum atomic E-state index is 5.33. The van der Waals surface area contributed by atoms with Crippen LogP contribution in [0.2, 0.25) is 0 Å². The smallest absolute Gasteiger partial charge is 0.145 e. The lowest BCUT2D eigenvalue weighted by atomic mass is 9.87. The van der Waals surface area contributed by atoms with E-state index in [1.807, 2.05) is 24.5 Å². The first-order chi connectivity index (χ1) is 20.8. The minimum atomic E-state index is 0.150. The molecule has 0 aliphatic carbocycles. The van der Waals surface area contributed by atoms with Crippen molar-refractivity contribution in [1.82, 2.24) is 19.5 Å². The van der Waals surface area contributed by atoms with Gasteiger partial charge in [0.05, 0.1) is 22.1 Å². The molecule has 3 heterocycles. The van der Waals surface area contributed by atoms with Crippen molar-refractivity contribution in [3.05, 3.63) is 131 Å². The van der Waals surface area contributed by atoms with Crippen molar-refractivity contribution >= 4 is 45.0 Å². The van der Waals surface area contributed by atoms with Crippen LogP contribution in [0.3, 0.4) is 0 Å². The molecule has 4 aromatic carbocycles. The molecule has 0 amide bonds. The Morgan fingerprint density at radius 1 is 0.628 bits per heavy atom. The predicted octanol–water partition coefficient (Wildman–Crippen LogP) is 9.87. The quantitative estimate of drug-likeness (QED) is 0.159. The number of hydrogen-bond donors (Lipinski definition) is 0. The fraction of sp³-hybridized carbons (Fsp3) is 0.154. The Morgan fingerprint density at radius 2 is 1.19 bits per heavy atom. The van der Waals surface area contributed by atoms with Crippen LogP contribution >= 0.6 is 0 Å². The van der Waals surface area contributed by atoms with E-state index in [1.54, 1.807) is 0 Å². The molecule has 0 saturated carbocycles. The molecule has 0 spiro atoms. The first kappa shape index (κ1) is 26.8. The zero-order valence-corrected chi connectivity index (χ0v) is 25.3. The summed E-state index contributed by atoms with van der Waals surface area (Å²) in [7, 11) is 0. The molecule has 7 rings (SSSR count). The maximum absolute atomic E-state index is 5.33. The summed E-state index contributed by atoms with van der Waals surface area (Å²) in [5, 5.41) is 2.05. The van der Waals surface area contributed by atoms with Crippen molar-refractivity contribution in [3.8, 4) is 17.1 Å². The normalized spacial score (nSPS) is 12.2. The summed E-state index contributed by atoms with van der Waals surface area (Å²) in [6, 6.07) is 32.4. The molecule has 4 heteroatoms. The van der Waals surface area contributed by atoms with E-state index in [0.29, 0.717) is 0 Å². The average Bonchev–Trinajstić information content (AvgIpc) is 3.41. The Morgan fingerprint density at radius 3 is 1.79 bits per heavy atom. The molecule has 4 nitrogen and oxygen atoms in total. The van der Waals surface area contributed by atoms with E-state index in [1.165, 1.54) is 22.3 Å². The number of pyridine rings is 2. The van der Waals surface area contributed by atoms with Gasteiger partial charge in [0, 0.05) is 34.4 Å². The van der Waals surface area contributed by atoms with Crippen LogP contribution in [-0.2, 0) is 5.41 Å². The van der Waals surface area contributed by atoms with Crippen LogP contribution in [0.5, 0.6) is 0 Å². The van der Waals surface area contributed by atoms with Gasteiger partial charge in [0.25, 0.3) is 0 Å². The highest BCUT2D eigenvalue weighted by Crippen LogP contribution is 2.38. The van der Waals surface area contributed by atoms with Crippen molar-refractivity contribution in [3.63, 3.8) is 0 Å². The molecule has 0 unspecified atom stereocenters. The molecule has 0 aliphatic rings. The molecular weight excluding hydrogens is 524 g/mol. The molecule has 210 valence electrons. The van der Waals surface area contributed by atoms with Crippen LogP contribution in [0.1, 0.15) is 48.6 Å². The second-order valence-corrected chi connectivity index (χ2v) is 12.4. The van der Waals surface area contributed by atoms with Gasteiger partial charge in [-0.05, 0) is 83.5 Å². The summed E-state index contributed by atoms with van der Waals surface area (Å²) in [5.41, 5.74) is 12.1. The summed E-state index contributed by atoms with van der Waals surface area (Å²) in [6.45, 7) is 11.0. The molecule has 3 aromatic heterocycles. The predicted molar refractivity (Wildman–Crippen MR) is 181 cm³/mol. The third-order valence-corrected chi connectivity index (χ3v) is 8.11. The van der Waals surface area contributed by atoms with Gasteiger partial charge in [-0.3, -0.25) is 14.5 Å². The number of rotatable bonds is 4. The lowest BCUT2D eigenvalue weighted by Gasteiger charge is -2.18. The van der Waals surface area contributed by atoms with Crippen LogP contribution in [0.4, 0.5) is 0 Å². The minimum Gasteiger partial charge on any atom is -0.292 e. The number of imidazole rings is 1. The number of aryl methyl sites for hydroxylation is 2. The monoisotopic (exact) mass is 558 g/mol. The zero-order valence-electron chi connectivity index (χ0n) is 25.3. The second kappa shape index (κ2) is 10.3. The number of benzene rings is 4. The largest absolute Gasteiger partial charge is 0.292 e. The van der Waals surface area contributed by atoms with E-state index in [0.717, 1.165) is 55.5 Å². The number of hydrogen-bond acceptors (Lipinski definition) is 3. The summed E-state index contributed by atoms with van der Waals surface area (Å²) >= 11 is 0. The van der Waals surface area contributed by atoms with E-state index in [-0.39, 0.29) is 5.41 Å². The Kier molecular flexibility index (Phi) is 6.43. The number of fused-ring (bicyclic) bond motifs is 6. The highest BCUT2D eigenvalue weighted by molar-refractivity contribution is 6.21. The molecule has 0 bridgehead atoms. The summed E-state index contributed by atoms with van der Waals surface area (Å²) in [5.74, 6) is 0.898. The standard InChI is InChI=1S/C39H34N4/c1-25-22-26(2)24-31(23-25)43-37-33-9-7-21-41-35(33)34-32(8-6-20-40-34)36(37)42-38(43)29-16-12-27(13-17-29)10-11-28-14-18-30(19-15-28)39(3,4)5/h6-24H,1-5H3/b11-10+. The van der Waals surface area contributed by atoms with Gasteiger partial charge in [-0.25, -0.2) is 4.98 Å². The molecular formula is C39H34N4. The number of aromatic nitrogens is 4. The Labute approximate surface area is 252 Å². The van der Waals surface area contributed by atoms with Crippen molar-refractivity contribution in [2.45, 2.75) is 40.0 Å². The van der Waals surface area contributed by atoms with E-state index < -0.39 is 0 Å². The first-order valence-electron chi connectivity index (χ1n) is 14.8. The third kappa shape index (κ3) is 4.89. The topological polar surface area (TPSA) is 43.6 Å². The lowest BCUT2D eigenvalue weighted by Crippen LogP contribution is -2.10. The van der Waals surface area contributed by atoms with Crippen LogP contribution in [0.15, 0.2) is 103 Å². The molecule has 0 radical (unpaired) electrons. The lowest BCUT2D eigenvalue weighted by molar-refractivity contribution is 0.590. The number of nitrogens with zero attached hydrogens (tertiary/aromatic N) is 4. The van der Waals surface area contributed by atoms with Crippen LogP contribution in [0, 0.1) is 13.8 Å². The van der Waals surface area contributed by atoms with Crippen molar-refractivity contribution in [2.24, 2.45) is 0 Å². The van der Waals surface area contributed by atoms with Crippen molar-refractivity contribution in [1.29, 1.82) is 0 Å². The van der Waals surface area contributed by atoms with E-state index in [2.05, 4.69) is 130 Å². The SMILES string of the molecule is Cc1cc(C)cc(-n2c(-c3ccc(/C=C/c4ccc(C(C)(C)C)cc4)cc3)nc3c4cccnc4c4ncccc4c32)c1. The molecule has 0 fully saturated rings. The first-order valence-corrected chi connectivity index (χ1v) is 14.8. The zero-order chi connectivity index (χ0) is 29.7. The second-order valence-electron chi connectivity index (χ2n) is 12.4. The van der Waals surface area contributed by atoms with Gasteiger partial charge in [-0.15, -0.1) is 0 Å². The summed E-state index contributed by atoms with van der Waals surface area (Å²) < 4.78 is 2.30. The van der Waals surface area contributed by atoms with E-state index in [4.69, 9.17) is 15.0 Å². The van der Waals surface area contributed by atoms with Gasteiger partial charge in [0.2, 0.25) is 0 Å². The van der Waals surface area contributed by atoms with Gasteiger partial charge in [0.15, 0.2) is 0 Å². The molecule has 0 aliphatic heterocycles. The average molecular weight is 559 g/mol. The van der Waals surface area contributed by atoms with Gasteiger partial charge >= 0.3 is 0 Å². The van der Waals surface area contributed by atoms with Gasteiger partial charge in [-0.1, -0.05) is 87.5 Å². The highest BCUT2D eigenvalue weighted by atomic mass is 15.1.